The van der Waals surface area contributed by atoms with Gasteiger partial charge in [-0.25, -0.2) is 0 Å². The number of aliphatic hydroxyl groups excluding tert-OH is 2. The monoisotopic (exact) mass is 970 g/mol. The van der Waals surface area contributed by atoms with Gasteiger partial charge in [0.05, 0.1) is 25.4 Å². The van der Waals surface area contributed by atoms with E-state index in [0.717, 1.165) is 51.4 Å². The summed E-state index contributed by atoms with van der Waals surface area (Å²) in [6.07, 6.45) is 72.9. The lowest BCUT2D eigenvalue weighted by atomic mass is 10.0. The van der Waals surface area contributed by atoms with Gasteiger partial charge in [0, 0.05) is 12.8 Å². The van der Waals surface area contributed by atoms with Gasteiger partial charge >= 0.3 is 5.97 Å². The van der Waals surface area contributed by atoms with Crippen LogP contribution in [0.25, 0.3) is 0 Å². The van der Waals surface area contributed by atoms with Gasteiger partial charge in [-0.2, -0.15) is 0 Å². The summed E-state index contributed by atoms with van der Waals surface area (Å²) in [4.78, 5) is 24.6. The predicted molar refractivity (Wildman–Crippen MR) is 301 cm³/mol. The molecule has 406 valence electrons. The Morgan fingerprint density at radius 2 is 0.725 bits per heavy atom. The largest absolute Gasteiger partial charge is 0.466 e. The average Bonchev–Trinajstić information content (AvgIpc) is 3.35. The smallest absolute Gasteiger partial charge is 0.305 e. The molecule has 6 nitrogen and oxygen atoms in total. The van der Waals surface area contributed by atoms with Crippen LogP contribution in [0.4, 0.5) is 0 Å². The molecule has 0 aliphatic carbocycles. The normalized spacial score (nSPS) is 12.8. The first-order valence-electron chi connectivity index (χ1n) is 30.7. The van der Waals surface area contributed by atoms with Crippen LogP contribution in [0, 0.1) is 0 Å². The molecule has 3 N–H and O–H groups in total. The summed E-state index contributed by atoms with van der Waals surface area (Å²) in [5, 5.41) is 23.3. The molecule has 2 unspecified atom stereocenters. The number of hydrogen-bond acceptors (Lipinski definition) is 5. The molecule has 0 saturated heterocycles. The quantitative estimate of drug-likeness (QED) is 0.0321. The first kappa shape index (κ1) is 67.1. The molecule has 0 rings (SSSR count). The third kappa shape index (κ3) is 55.2. The average molecular weight is 971 g/mol. The highest BCUT2D eigenvalue weighted by Crippen LogP contribution is 2.17. The number of nitrogens with one attached hydrogen (secondary N) is 1. The first-order chi connectivity index (χ1) is 34.0. The van der Waals surface area contributed by atoms with Crippen LogP contribution in [0.5, 0.6) is 0 Å². The lowest BCUT2D eigenvalue weighted by Crippen LogP contribution is -2.45. The van der Waals surface area contributed by atoms with Crippen molar-refractivity contribution in [2.45, 2.75) is 341 Å². The number of hydrogen-bond donors (Lipinski definition) is 3. The molecule has 0 spiro atoms. The van der Waals surface area contributed by atoms with Crippen molar-refractivity contribution in [2.75, 3.05) is 13.2 Å². The molecule has 69 heavy (non-hydrogen) atoms. The maximum absolute atomic E-state index is 12.5. The van der Waals surface area contributed by atoms with Crippen LogP contribution in [-0.2, 0) is 14.3 Å². The predicted octanol–water partition coefficient (Wildman–Crippen LogP) is 19.2. The molecule has 2 atom stereocenters. The van der Waals surface area contributed by atoms with E-state index in [4.69, 9.17) is 4.74 Å². The number of carbonyl (C=O) groups is 2. The summed E-state index contributed by atoms with van der Waals surface area (Å²) in [6, 6.07) is -0.549. The van der Waals surface area contributed by atoms with Crippen LogP contribution in [0.3, 0.4) is 0 Å². The van der Waals surface area contributed by atoms with Gasteiger partial charge in [-0.15, -0.1) is 0 Å². The molecule has 0 aliphatic heterocycles. The first-order valence-corrected chi connectivity index (χ1v) is 30.7. The molecule has 0 aliphatic rings. The zero-order chi connectivity index (χ0) is 50.0. The third-order valence-electron chi connectivity index (χ3n) is 14.2. The van der Waals surface area contributed by atoms with E-state index in [0.29, 0.717) is 25.9 Å². The molecule has 0 heterocycles. The maximum Gasteiger partial charge on any atom is 0.305 e. The minimum absolute atomic E-state index is 0.000295. The highest BCUT2D eigenvalue weighted by molar-refractivity contribution is 5.76. The number of amides is 1. The standard InChI is InChI=1S/C63H119NO5/c1-3-5-7-9-11-13-15-17-19-20-22-26-29-33-37-41-45-49-53-57-63(68)69-58-54-50-46-42-38-34-30-27-24-21-23-25-28-32-36-40-44-48-52-56-62(67)64-60(59-65)61(66)55-51-47-43-39-35-31-18-16-14-12-10-8-6-4-2/h11,13,17,19,21,23,60-61,65-66H,3-10,12,14-16,18,20,22,24-59H2,1-2H3,(H,64,67)/b13-11-,19-17-,23-21-. The van der Waals surface area contributed by atoms with E-state index in [-0.39, 0.29) is 18.5 Å². The number of ether oxygens (including phenoxy) is 1. The van der Waals surface area contributed by atoms with Crippen LogP contribution < -0.4 is 5.32 Å². The van der Waals surface area contributed by atoms with Crippen molar-refractivity contribution in [1.29, 1.82) is 0 Å². The lowest BCUT2D eigenvalue weighted by Gasteiger charge is -2.22. The zero-order valence-corrected chi connectivity index (χ0v) is 46.3. The van der Waals surface area contributed by atoms with Crippen LogP contribution in [-0.4, -0.2) is 47.4 Å². The molecule has 1 amide bonds. The van der Waals surface area contributed by atoms with E-state index in [2.05, 4.69) is 55.6 Å². The highest BCUT2D eigenvalue weighted by Gasteiger charge is 2.20. The minimum Gasteiger partial charge on any atom is -0.466 e. The van der Waals surface area contributed by atoms with E-state index >= 15 is 0 Å². The Labute approximate surface area is 430 Å². The molecular weight excluding hydrogens is 851 g/mol. The van der Waals surface area contributed by atoms with Crippen molar-refractivity contribution < 1.29 is 24.5 Å². The van der Waals surface area contributed by atoms with Crippen LogP contribution >= 0.6 is 0 Å². The highest BCUT2D eigenvalue weighted by atomic mass is 16.5. The van der Waals surface area contributed by atoms with Crippen LogP contribution in [0.1, 0.15) is 328 Å². The number of esters is 1. The second kappa shape index (κ2) is 58.6. The Morgan fingerprint density at radius 3 is 1.14 bits per heavy atom. The SMILES string of the molecule is CCCCC/C=C\C/C=C\CCCCCCCCCCCC(=O)OCCCCCCCCCC/C=C\CCCCCCCCCC(=O)NC(CO)C(O)CCCCCCCCCCCCCCCC. The van der Waals surface area contributed by atoms with E-state index in [9.17, 15) is 19.8 Å². The van der Waals surface area contributed by atoms with E-state index in [1.807, 2.05) is 0 Å². The zero-order valence-electron chi connectivity index (χ0n) is 46.3. The molecule has 0 aromatic carbocycles. The Morgan fingerprint density at radius 1 is 0.406 bits per heavy atom. The summed E-state index contributed by atoms with van der Waals surface area (Å²) in [6.45, 7) is 4.92. The molecular formula is C63H119NO5. The fraction of sp³-hybridized carbons (Fsp3) is 0.873. The van der Waals surface area contributed by atoms with Gasteiger partial charge in [-0.05, 0) is 83.5 Å². The van der Waals surface area contributed by atoms with Crippen LogP contribution in [0.15, 0.2) is 36.5 Å². The lowest BCUT2D eigenvalue weighted by molar-refractivity contribution is -0.143. The van der Waals surface area contributed by atoms with Gasteiger partial charge in [-0.3, -0.25) is 9.59 Å². The van der Waals surface area contributed by atoms with Crippen molar-refractivity contribution >= 4 is 11.9 Å². The van der Waals surface area contributed by atoms with Crippen molar-refractivity contribution in [1.82, 2.24) is 5.32 Å². The van der Waals surface area contributed by atoms with Crippen molar-refractivity contribution in [3.63, 3.8) is 0 Å². The number of unbranched alkanes of at least 4 members (excludes halogenated alkanes) is 40. The second-order valence-electron chi connectivity index (χ2n) is 21.0. The molecule has 0 fully saturated rings. The molecule has 0 aromatic rings. The Hall–Kier alpha value is -1.92. The molecule has 0 aromatic heterocycles. The Balaban J connectivity index is 3.42. The number of allylic oxidation sites excluding steroid dienone is 6. The van der Waals surface area contributed by atoms with E-state index in [1.54, 1.807) is 0 Å². The van der Waals surface area contributed by atoms with Crippen molar-refractivity contribution in [2.24, 2.45) is 0 Å². The summed E-state index contributed by atoms with van der Waals surface area (Å²) >= 11 is 0. The molecule has 0 bridgehead atoms. The summed E-state index contributed by atoms with van der Waals surface area (Å²) < 4.78 is 5.49. The van der Waals surface area contributed by atoms with Gasteiger partial charge in [0.25, 0.3) is 0 Å². The number of aliphatic hydroxyl groups is 2. The molecule has 6 heteroatoms. The second-order valence-corrected chi connectivity index (χ2v) is 21.0. The van der Waals surface area contributed by atoms with Gasteiger partial charge in [-0.1, -0.05) is 269 Å². The Bertz CT molecular complexity index is 1120. The van der Waals surface area contributed by atoms with Gasteiger partial charge < -0.3 is 20.3 Å². The Kier molecular flexibility index (Phi) is 57.0. The summed E-state index contributed by atoms with van der Waals surface area (Å²) in [5.41, 5.74) is 0. The van der Waals surface area contributed by atoms with E-state index < -0.39 is 12.1 Å². The van der Waals surface area contributed by atoms with Crippen molar-refractivity contribution in [3.8, 4) is 0 Å². The van der Waals surface area contributed by atoms with E-state index in [1.165, 1.54) is 244 Å². The van der Waals surface area contributed by atoms with Crippen LogP contribution in [0.2, 0.25) is 0 Å². The topological polar surface area (TPSA) is 95.9 Å². The van der Waals surface area contributed by atoms with Gasteiger partial charge in [0.2, 0.25) is 5.91 Å². The maximum atomic E-state index is 12.5. The van der Waals surface area contributed by atoms with Gasteiger partial charge in [0.1, 0.15) is 0 Å². The molecule has 0 radical (unpaired) electrons. The summed E-state index contributed by atoms with van der Waals surface area (Å²) in [5.74, 6) is -0.0436. The minimum atomic E-state index is -0.670. The third-order valence-corrected chi connectivity index (χ3v) is 14.2. The fourth-order valence-corrected chi connectivity index (χ4v) is 9.43. The van der Waals surface area contributed by atoms with Gasteiger partial charge in [0.15, 0.2) is 0 Å². The molecule has 0 saturated carbocycles. The fourth-order valence-electron chi connectivity index (χ4n) is 9.43. The number of carbonyl (C=O) groups excluding carboxylic acids is 2. The summed E-state index contributed by atoms with van der Waals surface area (Å²) in [7, 11) is 0. The number of rotatable bonds is 57. The van der Waals surface area contributed by atoms with Crippen molar-refractivity contribution in [3.05, 3.63) is 36.5 Å².